The molecule has 172 valence electrons. The average Bonchev–Trinajstić information content (AvgIpc) is 2.90. The molecule has 34 heavy (non-hydrogen) atoms. The highest BCUT2D eigenvalue weighted by Crippen LogP contribution is 2.42. The van der Waals surface area contributed by atoms with Crippen molar-refractivity contribution in [3.05, 3.63) is 131 Å². The molecule has 0 spiro atoms. The lowest BCUT2D eigenvalue weighted by molar-refractivity contribution is 0.000178. The summed E-state index contributed by atoms with van der Waals surface area (Å²) in [5, 5.41) is 9.21. The van der Waals surface area contributed by atoms with Gasteiger partial charge in [0.25, 0.3) is 0 Å². The quantitative estimate of drug-likeness (QED) is 0.319. The Morgan fingerprint density at radius 2 is 1.15 bits per heavy atom. The van der Waals surface area contributed by atoms with E-state index >= 15 is 0 Å². The molecule has 0 aliphatic rings. The Bertz CT molecular complexity index is 1170. The van der Waals surface area contributed by atoms with Crippen LogP contribution in [0.3, 0.4) is 0 Å². The number of aromatic carboxylic acids is 1. The summed E-state index contributed by atoms with van der Waals surface area (Å²) in [4.78, 5) is 11.2. The van der Waals surface area contributed by atoms with Crippen LogP contribution in [-0.4, -0.2) is 25.3 Å². The first-order valence-corrected chi connectivity index (χ1v) is 10.9. The zero-order valence-electron chi connectivity index (χ0n) is 19.1. The van der Waals surface area contributed by atoms with Crippen molar-refractivity contribution in [1.82, 2.24) is 0 Å². The number of hydrogen-bond donors (Lipinski definition) is 1. The number of hydrogen-bond acceptors (Lipinski definition) is 4. The van der Waals surface area contributed by atoms with Gasteiger partial charge >= 0.3 is 5.97 Å². The Labute approximate surface area is 199 Å². The van der Waals surface area contributed by atoms with Crippen LogP contribution in [0.15, 0.2) is 103 Å². The van der Waals surface area contributed by atoms with Gasteiger partial charge in [0.1, 0.15) is 17.1 Å². The van der Waals surface area contributed by atoms with Crippen LogP contribution < -0.4 is 9.47 Å². The van der Waals surface area contributed by atoms with Gasteiger partial charge in [-0.3, -0.25) is 0 Å². The lowest BCUT2D eigenvalue weighted by Gasteiger charge is -2.36. The molecule has 0 fully saturated rings. The standard InChI is InChI=1S/C29H26O5/c1-32-26-16-12-24(13-17-26)29(23-6-4-3-5-7-23,25-14-18-27(33-2)19-15-25)34-20-21-8-10-22(11-9-21)28(30)31/h3-19H,20H2,1-2H3,(H,30,31). The number of carbonyl (C=O) groups is 1. The first-order valence-electron chi connectivity index (χ1n) is 10.9. The van der Waals surface area contributed by atoms with Gasteiger partial charge < -0.3 is 19.3 Å². The highest BCUT2D eigenvalue weighted by molar-refractivity contribution is 5.87. The number of rotatable bonds is 9. The number of benzene rings is 4. The predicted molar refractivity (Wildman–Crippen MR) is 131 cm³/mol. The molecule has 0 aliphatic carbocycles. The third-order valence-electron chi connectivity index (χ3n) is 5.83. The minimum Gasteiger partial charge on any atom is -0.497 e. The van der Waals surface area contributed by atoms with E-state index < -0.39 is 11.6 Å². The fourth-order valence-corrected chi connectivity index (χ4v) is 4.01. The van der Waals surface area contributed by atoms with Crippen molar-refractivity contribution in [3.63, 3.8) is 0 Å². The van der Waals surface area contributed by atoms with E-state index in [-0.39, 0.29) is 12.2 Å². The summed E-state index contributed by atoms with van der Waals surface area (Å²) in [5.41, 5.74) is 3.02. The summed E-state index contributed by atoms with van der Waals surface area (Å²) in [6.07, 6.45) is 0. The fourth-order valence-electron chi connectivity index (χ4n) is 4.01. The SMILES string of the molecule is COc1ccc(C(OCc2ccc(C(=O)O)cc2)(c2ccccc2)c2ccc(OC)cc2)cc1. The molecule has 0 saturated heterocycles. The molecule has 0 saturated carbocycles. The molecule has 4 aromatic carbocycles. The molecule has 0 amide bonds. The van der Waals surface area contributed by atoms with Gasteiger partial charge in [0.2, 0.25) is 0 Å². The van der Waals surface area contributed by atoms with Crippen molar-refractivity contribution in [1.29, 1.82) is 0 Å². The first-order chi connectivity index (χ1) is 16.6. The van der Waals surface area contributed by atoms with Crippen molar-refractivity contribution in [2.45, 2.75) is 12.2 Å². The van der Waals surface area contributed by atoms with Gasteiger partial charge in [0, 0.05) is 0 Å². The van der Waals surface area contributed by atoms with Crippen LogP contribution >= 0.6 is 0 Å². The van der Waals surface area contributed by atoms with Gasteiger partial charge in [-0.1, -0.05) is 66.7 Å². The molecule has 5 nitrogen and oxygen atoms in total. The van der Waals surface area contributed by atoms with Crippen molar-refractivity contribution in [2.75, 3.05) is 14.2 Å². The Hall–Kier alpha value is -4.09. The van der Waals surface area contributed by atoms with Crippen molar-refractivity contribution in [2.24, 2.45) is 0 Å². The molecule has 0 bridgehead atoms. The van der Waals surface area contributed by atoms with Crippen molar-refractivity contribution < 1.29 is 24.1 Å². The van der Waals surface area contributed by atoms with E-state index in [1.54, 1.807) is 38.5 Å². The number of ether oxygens (including phenoxy) is 3. The summed E-state index contributed by atoms with van der Waals surface area (Å²) in [5.74, 6) is 0.553. The van der Waals surface area contributed by atoms with E-state index in [0.717, 1.165) is 33.8 Å². The average molecular weight is 455 g/mol. The van der Waals surface area contributed by atoms with E-state index in [2.05, 4.69) is 0 Å². The lowest BCUT2D eigenvalue weighted by atomic mass is 9.80. The van der Waals surface area contributed by atoms with Crippen LogP contribution in [0.4, 0.5) is 0 Å². The number of carboxylic acids is 1. The van der Waals surface area contributed by atoms with E-state index in [0.29, 0.717) is 0 Å². The van der Waals surface area contributed by atoms with Crippen LogP contribution in [0.5, 0.6) is 11.5 Å². The molecule has 5 heteroatoms. The largest absolute Gasteiger partial charge is 0.497 e. The molecule has 1 N–H and O–H groups in total. The number of carboxylic acid groups (broad SMARTS) is 1. The van der Waals surface area contributed by atoms with Crippen molar-refractivity contribution >= 4 is 5.97 Å². The van der Waals surface area contributed by atoms with Crippen LogP contribution in [0, 0.1) is 0 Å². The van der Waals surface area contributed by atoms with E-state index in [4.69, 9.17) is 14.2 Å². The maximum Gasteiger partial charge on any atom is 0.335 e. The van der Waals surface area contributed by atoms with Gasteiger partial charge in [-0.25, -0.2) is 4.79 Å². The normalized spacial score (nSPS) is 11.1. The van der Waals surface area contributed by atoms with E-state index in [9.17, 15) is 9.90 Å². The molecule has 0 aliphatic heterocycles. The van der Waals surface area contributed by atoms with Gasteiger partial charge in [-0.2, -0.15) is 0 Å². The van der Waals surface area contributed by atoms with Crippen LogP contribution in [0.25, 0.3) is 0 Å². The Kier molecular flexibility index (Phi) is 6.95. The summed E-state index contributed by atoms with van der Waals surface area (Å²) in [6.45, 7) is 0.271. The van der Waals surface area contributed by atoms with Gasteiger partial charge in [0.05, 0.1) is 26.4 Å². The topological polar surface area (TPSA) is 65.0 Å². The second-order valence-corrected chi connectivity index (χ2v) is 7.79. The summed E-state index contributed by atoms with van der Waals surface area (Å²) in [6, 6.07) is 32.5. The second-order valence-electron chi connectivity index (χ2n) is 7.79. The summed E-state index contributed by atoms with van der Waals surface area (Å²) >= 11 is 0. The summed E-state index contributed by atoms with van der Waals surface area (Å²) in [7, 11) is 3.28. The Balaban J connectivity index is 1.84. The summed E-state index contributed by atoms with van der Waals surface area (Å²) < 4.78 is 17.5. The van der Waals surface area contributed by atoms with Crippen LogP contribution in [0.1, 0.15) is 32.6 Å². The van der Waals surface area contributed by atoms with Gasteiger partial charge in [-0.05, 0) is 58.7 Å². The smallest absolute Gasteiger partial charge is 0.335 e. The second kappa shape index (κ2) is 10.2. The minimum atomic E-state index is -0.956. The van der Waals surface area contributed by atoms with Crippen molar-refractivity contribution in [3.8, 4) is 11.5 Å². The molecular weight excluding hydrogens is 428 g/mol. The van der Waals surface area contributed by atoms with E-state index in [1.165, 1.54) is 0 Å². The highest BCUT2D eigenvalue weighted by Gasteiger charge is 2.37. The molecule has 4 rings (SSSR count). The maximum absolute atomic E-state index is 11.2. The lowest BCUT2D eigenvalue weighted by Crippen LogP contribution is -2.32. The monoisotopic (exact) mass is 454 g/mol. The Morgan fingerprint density at radius 1 is 0.676 bits per heavy atom. The molecule has 0 radical (unpaired) electrons. The molecule has 0 heterocycles. The third kappa shape index (κ3) is 4.65. The van der Waals surface area contributed by atoms with Crippen LogP contribution in [-0.2, 0) is 16.9 Å². The van der Waals surface area contributed by atoms with E-state index in [1.807, 2.05) is 78.9 Å². The predicted octanol–water partition coefficient (Wildman–Crippen LogP) is 5.91. The zero-order chi connectivity index (χ0) is 24.0. The Morgan fingerprint density at radius 3 is 1.59 bits per heavy atom. The molecule has 4 aromatic rings. The maximum atomic E-state index is 11.2. The minimum absolute atomic E-state index is 0.239. The molecular formula is C29H26O5. The third-order valence-corrected chi connectivity index (χ3v) is 5.83. The van der Waals surface area contributed by atoms with Gasteiger partial charge in [0.15, 0.2) is 0 Å². The van der Waals surface area contributed by atoms with Gasteiger partial charge in [-0.15, -0.1) is 0 Å². The molecule has 0 aromatic heterocycles. The number of methoxy groups -OCH3 is 2. The molecule has 0 atom stereocenters. The fraction of sp³-hybridized carbons (Fsp3) is 0.138. The first kappa shape index (κ1) is 23.1. The van der Waals surface area contributed by atoms with Crippen LogP contribution in [0.2, 0.25) is 0 Å². The zero-order valence-corrected chi connectivity index (χ0v) is 19.1. The molecule has 0 unspecified atom stereocenters. The highest BCUT2D eigenvalue weighted by atomic mass is 16.5.